The van der Waals surface area contributed by atoms with Gasteiger partial charge in [0.25, 0.3) is 0 Å². The zero-order valence-corrected chi connectivity index (χ0v) is 14.5. The summed E-state index contributed by atoms with van der Waals surface area (Å²) in [6, 6.07) is 0.0469. The number of hydrogen-bond donors (Lipinski definition) is 1. The van der Waals surface area contributed by atoms with Crippen LogP contribution in [0.3, 0.4) is 0 Å². The van der Waals surface area contributed by atoms with E-state index in [9.17, 15) is 4.79 Å². The quantitative estimate of drug-likeness (QED) is 0.910. The highest BCUT2D eigenvalue weighted by molar-refractivity contribution is 7.09. The maximum atomic E-state index is 12.2. The standard InChI is InChI=1S/C16H23N5OS/c1-12-19-15(11-23-12)3-5-17-16(22)21-6-4-13(10-21)7-14-8-18-20(2)9-14/h8-9,11,13H,3-7,10H2,1-2H3,(H,17,22)/t13-/m1/s1. The van der Waals surface area contributed by atoms with Crippen LogP contribution < -0.4 is 5.32 Å². The molecule has 0 aliphatic carbocycles. The Bertz CT molecular complexity index is 665. The van der Waals surface area contributed by atoms with Gasteiger partial charge in [-0.1, -0.05) is 0 Å². The van der Waals surface area contributed by atoms with Gasteiger partial charge in [0.15, 0.2) is 0 Å². The van der Waals surface area contributed by atoms with Crippen LogP contribution in [0.15, 0.2) is 17.8 Å². The van der Waals surface area contributed by atoms with E-state index in [0.29, 0.717) is 12.5 Å². The lowest BCUT2D eigenvalue weighted by atomic mass is 10.0. The first-order valence-electron chi connectivity index (χ1n) is 8.01. The summed E-state index contributed by atoms with van der Waals surface area (Å²) in [5.41, 5.74) is 2.31. The number of nitrogens with one attached hydrogen (secondary N) is 1. The van der Waals surface area contributed by atoms with E-state index in [0.717, 1.165) is 43.1 Å². The van der Waals surface area contributed by atoms with Crippen LogP contribution in [0.4, 0.5) is 4.79 Å². The number of rotatable bonds is 5. The van der Waals surface area contributed by atoms with Crippen molar-refractivity contribution in [3.8, 4) is 0 Å². The van der Waals surface area contributed by atoms with E-state index in [1.165, 1.54) is 5.56 Å². The molecule has 0 aromatic carbocycles. The normalized spacial score (nSPS) is 17.7. The molecule has 1 atom stereocenters. The number of aryl methyl sites for hydroxylation is 2. The van der Waals surface area contributed by atoms with Crippen molar-refractivity contribution >= 4 is 17.4 Å². The molecule has 7 heteroatoms. The van der Waals surface area contributed by atoms with Gasteiger partial charge >= 0.3 is 6.03 Å². The number of carbonyl (C=O) groups is 1. The zero-order valence-electron chi connectivity index (χ0n) is 13.7. The van der Waals surface area contributed by atoms with Crippen LogP contribution in [0.5, 0.6) is 0 Å². The van der Waals surface area contributed by atoms with Crippen molar-refractivity contribution in [1.82, 2.24) is 25.0 Å². The summed E-state index contributed by atoms with van der Waals surface area (Å²) >= 11 is 1.65. The number of likely N-dealkylation sites (tertiary alicyclic amines) is 1. The van der Waals surface area contributed by atoms with Crippen LogP contribution in [0.25, 0.3) is 0 Å². The van der Waals surface area contributed by atoms with Gasteiger partial charge in [-0.2, -0.15) is 5.10 Å². The largest absolute Gasteiger partial charge is 0.338 e. The monoisotopic (exact) mass is 333 g/mol. The van der Waals surface area contributed by atoms with Gasteiger partial charge in [0.1, 0.15) is 0 Å². The first-order chi connectivity index (χ1) is 11.1. The molecular weight excluding hydrogens is 310 g/mol. The summed E-state index contributed by atoms with van der Waals surface area (Å²) < 4.78 is 1.83. The molecule has 0 saturated carbocycles. The molecule has 0 spiro atoms. The molecule has 2 amide bonds. The van der Waals surface area contributed by atoms with Gasteiger partial charge in [0, 0.05) is 44.7 Å². The highest BCUT2D eigenvalue weighted by atomic mass is 32.1. The number of nitrogens with zero attached hydrogens (tertiary/aromatic N) is 4. The summed E-state index contributed by atoms with van der Waals surface area (Å²) in [5.74, 6) is 0.533. The van der Waals surface area contributed by atoms with Crippen molar-refractivity contribution in [1.29, 1.82) is 0 Å². The van der Waals surface area contributed by atoms with Crippen LogP contribution in [-0.2, 0) is 19.9 Å². The predicted octanol–water partition coefficient (Wildman–Crippen LogP) is 2.00. The zero-order chi connectivity index (χ0) is 16.2. The van der Waals surface area contributed by atoms with E-state index >= 15 is 0 Å². The molecular formula is C16H23N5OS. The minimum absolute atomic E-state index is 0.0469. The minimum Gasteiger partial charge on any atom is -0.338 e. The fourth-order valence-corrected chi connectivity index (χ4v) is 3.67. The Hall–Kier alpha value is -1.89. The van der Waals surface area contributed by atoms with Gasteiger partial charge < -0.3 is 10.2 Å². The number of carbonyl (C=O) groups excluding carboxylic acids is 1. The van der Waals surface area contributed by atoms with Crippen molar-refractivity contribution in [2.24, 2.45) is 13.0 Å². The Balaban J connectivity index is 1.40. The van der Waals surface area contributed by atoms with E-state index in [1.54, 1.807) is 11.3 Å². The fraction of sp³-hybridized carbons (Fsp3) is 0.562. The van der Waals surface area contributed by atoms with Crippen molar-refractivity contribution in [3.63, 3.8) is 0 Å². The molecule has 1 saturated heterocycles. The first-order valence-corrected chi connectivity index (χ1v) is 8.89. The summed E-state index contributed by atoms with van der Waals surface area (Å²) in [6.45, 7) is 4.31. The van der Waals surface area contributed by atoms with E-state index < -0.39 is 0 Å². The number of amides is 2. The second-order valence-electron chi connectivity index (χ2n) is 6.17. The molecule has 23 heavy (non-hydrogen) atoms. The topological polar surface area (TPSA) is 63.1 Å². The Labute approximate surface area is 140 Å². The lowest BCUT2D eigenvalue weighted by molar-refractivity contribution is 0.207. The van der Waals surface area contributed by atoms with Crippen LogP contribution in [0.2, 0.25) is 0 Å². The average molecular weight is 333 g/mol. The highest BCUT2D eigenvalue weighted by Gasteiger charge is 2.26. The second kappa shape index (κ2) is 7.12. The highest BCUT2D eigenvalue weighted by Crippen LogP contribution is 2.20. The van der Waals surface area contributed by atoms with E-state index in [4.69, 9.17) is 0 Å². The molecule has 1 aliphatic rings. The predicted molar refractivity (Wildman–Crippen MR) is 90.5 cm³/mol. The van der Waals surface area contributed by atoms with Crippen LogP contribution >= 0.6 is 11.3 Å². The number of hydrogen-bond acceptors (Lipinski definition) is 4. The smallest absolute Gasteiger partial charge is 0.317 e. The van der Waals surface area contributed by atoms with E-state index in [-0.39, 0.29) is 6.03 Å². The molecule has 1 fully saturated rings. The average Bonchev–Trinajstić information content (AvgIpc) is 3.22. The maximum Gasteiger partial charge on any atom is 0.317 e. The van der Waals surface area contributed by atoms with E-state index in [2.05, 4.69) is 27.0 Å². The van der Waals surface area contributed by atoms with Crippen molar-refractivity contribution in [2.45, 2.75) is 26.2 Å². The van der Waals surface area contributed by atoms with Crippen LogP contribution in [0.1, 0.15) is 22.7 Å². The number of urea groups is 1. The van der Waals surface area contributed by atoms with Gasteiger partial charge in [0.2, 0.25) is 0 Å². The van der Waals surface area contributed by atoms with Gasteiger partial charge in [-0.15, -0.1) is 11.3 Å². The Morgan fingerprint density at radius 1 is 1.52 bits per heavy atom. The molecule has 1 aliphatic heterocycles. The molecule has 0 radical (unpaired) electrons. The van der Waals surface area contributed by atoms with Crippen molar-refractivity contribution < 1.29 is 4.79 Å². The molecule has 2 aromatic rings. The molecule has 6 nitrogen and oxygen atoms in total. The molecule has 0 bridgehead atoms. The van der Waals surface area contributed by atoms with Crippen LogP contribution in [0, 0.1) is 12.8 Å². The minimum atomic E-state index is 0.0469. The first kappa shape index (κ1) is 16.0. The number of aromatic nitrogens is 3. The lowest BCUT2D eigenvalue weighted by Crippen LogP contribution is -2.39. The Kier molecular flexibility index (Phi) is 4.95. The van der Waals surface area contributed by atoms with Gasteiger partial charge in [-0.3, -0.25) is 4.68 Å². The third-order valence-corrected chi connectivity index (χ3v) is 5.00. The van der Waals surface area contributed by atoms with Gasteiger partial charge in [0.05, 0.1) is 16.9 Å². The number of thiazole rings is 1. The van der Waals surface area contributed by atoms with Crippen LogP contribution in [-0.4, -0.2) is 45.3 Å². The SMILES string of the molecule is Cc1nc(CCNC(=O)N2CC[C@H](Cc3cnn(C)c3)C2)cs1. The van der Waals surface area contributed by atoms with Crippen molar-refractivity contribution in [2.75, 3.05) is 19.6 Å². The Morgan fingerprint density at radius 2 is 2.39 bits per heavy atom. The van der Waals surface area contributed by atoms with Crippen molar-refractivity contribution in [3.05, 3.63) is 34.0 Å². The van der Waals surface area contributed by atoms with E-state index in [1.807, 2.05) is 29.7 Å². The molecule has 3 rings (SSSR count). The molecule has 0 unspecified atom stereocenters. The maximum absolute atomic E-state index is 12.2. The summed E-state index contributed by atoms with van der Waals surface area (Å²) in [7, 11) is 1.93. The molecule has 3 heterocycles. The summed E-state index contributed by atoms with van der Waals surface area (Å²) in [4.78, 5) is 18.6. The lowest BCUT2D eigenvalue weighted by Gasteiger charge is -2.17. The summed E-state index contributed by atoms with van der Waals surface area (Å²) in [6.07, 6.45) is 6.82. The van der Waals surface area contributed by atoms with Gasteiger partial charge in [-0.25, -0.2) is 9.78 Å². The third-order valence-electron chi connectivity index (χ3n) is 4.18. The third kappa shape index (κ3) is 4.31. The molecule has 2 aromatic heterocycles. The second-order valence-corrected chi connectivity index (χ2v) is 7.23. The van der Waals surface area contributed by atoms with Gasteiger partial charge in [-0.05, 0) is 31.2 Å². The summed E-state index contributed by atoms with van der Waals surface area (Å²) in [5, 5.41) is 10.3. The molecule has 1 N–H and O–H groups in total. The Morgan fingerprint density at radius 3 is 3.09 bits per heavy atom. The molecule has 124 valence electrons. The fourth-order valence-electron chi connectivity index (χ4n) is 3.03.